The number of halogens is 3. The third-order valence-corrected chi connectivity index (χ3v) is 2.73. The van der Waals surface area contributed by atoms with E-state index in [1.807, 2.05) is 13.0 Å². The molecule has 1 aromatic rings. The van der Waals surface area contributed by atoms with Crippen molar-refractivity contribution in [1.82, 2.24) is 4.98 Å². The summed E-state index contributed by atoms with van der Waals surface area (Å²) in [5, 5.41) is 11.8. The number of anilines is 1. The Morgan fingerprint density at radius 3 is 2.75 bits per heavy atom. The van der Waals surface area contributed by atoms with Crippen LogP contribution in [0, 0.1) is 11.3 Å². The molecule has 0 saturated heterocycles. The highest BCUT2D eigenvalue weighted by atomic mass is 19.4. The first-order valence-electron chi connectivity index (χ1n) is 6.24. The first-order chi connectivity index (χ1) is 9.38. The van der Waals surface area contributed by atoms with Crippen LogP contribution in [0.2, 0.25) is 0 Å². The lowest BCUT2D eigenvalue weighted by molar-refractivity contribution is -0.141. The van der Waals surface area contributed by atoms with Gasteiger partial charge in [0.1, 0.15) is 17.6 Å². The number of hydrogen-bond donors (Lipinski definition) is 1. The molecule has 3 nitrogen and oxygen atoms in total. The zero-order valence-corrected chi connectivity index (χ0v) is 11.2. The number of pyridine rings is 1. The van der Waals surface area contributed by atoms with Crippen LogP contribution in [0.3, 0.4) is 0 Å². The molecule has 108 valence electrons. The van der Waals surface area contributed by atoms with Crippen LogP contribution in [0.4, 0.5) is 19.0 Å². The van der Waals surface area contributed by atoms with Crippen LogP contribution in [0.5, 0.6) is 0 Å². The van der Waals surface area contributed by atoms with E-state index >= 15 is 0 Å². The van der Waals surface area contributed by atoms with Gasteiger partial charge in [-0.05, 0) is 38.3 Å². The highest BCUT2D eigenvalue weighted by molar-refractivity contribution is 5.53. The van der Waals surface area contributed by atoms with Gasteiger partial charge in [0.25, 0.3) is 0 Å². The fourth-order valence-electron chi connectivity index (χ4n) is 1.69. The van der Waals surface area contributed by atoms with Crippen molar-refractivity contribution in [2.45, 2.75) is 38.4 Å². The second kappa shape index (κ2) is 6.94. The van der Waals surface area contributed by atoms with Gasteiger partial charge in [-0.25, -0.2) is 4.98 Å². The van der Waals surface area contributed by atoms with Gasteiger partial charge in [0.2, 0.25) is 0 Å². The summed E-state index contributed by atoms with van der Waals surface area (Å²) in [6, 6.07) is 3.71. The Kier molecular flexibility index (Phi) is 5.56. The van der Waals surface area contributed by atoms with Crippen molar-refractivity contribution in [3.8, 4) is 6.07 Å². The number of rotatable bonds is 6. The fourth-order valence-corrected chi connectivity index (χ4v) is 1.69. The molecule has 1 rings (SSSR count). The molecule has 0 amide bonds. The second-order valence-corrected chi connectivity index (χ2v) is 4.47. The summed E-state index contributed by atoms with van der Waals surface area (Å²) in [4.78, 5) is 3.50. The lowest BCUT2D eigenvalue weighted by Gasteiger charge is -2.16. The molecule has 0 aromatic carbocycles. The van der Waals surface area contributed by atoms with Crippen molar-refractivity contribution >= 4 is 5.82 Å². The van der Waals surface area contributed by atoms with Crippen LogP contribution in [-0.4, -0.2) is 11.0 Å². The number of hydrogen-bond acceptors (Lipinski definition) is 3. The summed E-state index contributed by atoms with van der Waals surface area (Å²) in [6.07, 6.45) is -0.257. The number of alkyl halides is 3. The molecule has 0 spiro atoms. The van der Waals surface area contributed by atoms with E-state index < -0.39 is 11.9 Å². The minimum atomic E-state index is -4.52. The molecule has 0 aliphatic heterocycles. The molecule has 0 radical (unpaired) electrons. The predicted octanol–water partition coefficient (Wildman–Crippen LogP) is 4.13. The minimum Gasteiger partial charge on any atom is -0.367 e. The molecule has 1 aromatic heterocycles. The molecular weight excluding hydrogens is 267 g/mol. The van der Waals surface area contributed by atoms with Crippen molar-refractivity contribution in [3.05, 3.63) is 36.0 Å². The number of nitriles is 1. The van der Waals surface area contributed by atoms with E-state index in [0.29, 0.717) is 0 Å². The molecule has 1 N–H and O–H groups in total. The quantitative estimate of drug-likeness (QED) is 0.631. The van der Waals surface area contributed by atoms with Gasteiger partial charge in [-0.2, -0.15) is 18.4 Å². The molecule has 1 heterocycles. The monoisotopic (exact) mass is 283 g/mol. The molecule has 1 unspecified atom stereocenters. The average Bonchev–Trinajstić information content (AvgIpc) is 2.38. The van der Waals surface area contributed by atoms with Crippen molar-refractivity contribution in [2.75, 3.05) is 5.32 Å². The first kappa shape index (κ1) is 16.0. The number of aromatic nitrogens is 1. The van der Waals surface area contributed by atoms with E-state index in [-0.39, 0.29) is 17.4 Å². The second-order valence-electron chi connectivity index (χ2n) is 4.47. The van der Waals surface area contributed by atoms with Crippen molar-refractivity contribution < 1.29 is 13.2 Å². The molecule has 0 saturated carbocycles. The SMILES string of the molecule is C=CCCCC(C)Nc1nc(C(F)(F)F)ccc1C#N. The van der Waals surface area contributed by atoms with Gasteiger partial charge in [-0.15, -0.1) is 6.58 Å². The Morgan fingerprint density at radius 1 is 1.50 bits per heavy atom. The predicted molar refractivity (Wildman–Crippen MR) is 71.1 cm³/mol. The van der Waals surface area contributed by atoms with Crippen LogP contribution in [0.1, 0.15) is 37.4 Å². The number of unbranched alkanes of at least 4 members (excludes halogenated alkanes) is 1. The van der Waals surface area contributed by atoms with Crippen LogP contribution in [0.15, 0.2) is 24.8 Å². The van der Waals surface area contributed by atoms with E-state index in [2.05, 4.69) is 16.9 Å². The normalized spacial score (nSPS) is 12.6. The smallest absolute Gasteiger partial charge is 0.367 e. The average molecular weight is 283 g/mol. The summed E-state index contributed by atoms with van der Waals surface area (Å²) in [6.45, 7) is 5.45. The maximum absolute atomic E-state index is 12.6. The van der Waals surface area contributed by atoms with E-state index in [0.717, 1.165) is 31.4 Å². The lowest BCUT2D eigenvalue weighted by Crippen LogP contribution is -2.18. The molecule has 0 fully saturated rings. The highest BCUT2D eigenvalue weighted by Gasteiger charge is 2.33. The minimum absolute atomic E-state index is 0.0200. The Balaban J connectivity index is 2.86. The first-order valence-corrected chi connectivity index (χ1v) is 6.24. The number of nitrogens with zero attached hydrogens (tertiary/aromatic N) is 2. The fraction of sp³-hybridized carbons (Fsp3) is 0.429. The van der Waals surface area contributed by atoms with Gasteiger partial charge in [0, 0.05) is 6.04 Å². The van der Waals surface area contributed by atoms with Crippen molar-refractivity contribution in [3.63, 3.8) is 0 Å². The molecule has 0 aliphatic rings. The maximum atomic E-state index is 12.6. The van der Waals surface area contributed by atoms with Gasteiger partial charge in [0.15, 0.2) is 0 Å². The zero-order chi connectivity index (χ0) is 15.2. The van der Waals surface area contributed by atoms with Gasteiger partial charge < -0.3 is 5.32 Å². The Bertz CT molecular complexity index is 503. The molecule has 0 aliphatic carbocycles. The Morgan fingerprint density at radius 2 is 2.20 bits per heavy atom. The van der Waals surface area contributed by atoms with Crippen LogP contribution < -0.4 is 5.32 Å². The summed E-state index contributed by atoms with van der Waals surface area (Å²) >= 11 is 0. The van der Waals surface area contributed by atoms with Gasteiger partial charge in [-0.1, -0.05) is 6.08 Å². The maximum Gasteiger partial charge on any atom is 0.433 e. The lowest BCUT2D eigenvalue weighted by atomic mass is 10.1. The number of nitrogens with one attached hydrogen (secondary N) is 1. The zero-order valence-electron chi connectivity index (χ0n) is 11.2. The Hall–Kier alpha value is -2.03. The largest absolute Gasteiger partial charge is 0.433 e. The van der Waals surface area contributed by atoms with Crippen molar-refractivity contribution in [1.29, 1.82) is 5.26 Å². The summed E-state index contributed by atoms with van der Waals surface area (Å²) in [7, 11) is 0. The molecule has 1 atom stereocenters. The van der Waals surface area contributed by atoms with Crippen LogP contribution >= 0.6 is 0 Å². The summed E-state index contributed by atoms with van der Waals surface area (Å²) < 4.78 is 37.8. The van der Waals surface area contributed by atoms with E-state index in [1.54, 1.807) is 6.08 Å². The van der Waals surface area contributed by atoms with E-state index in [1.165, 1.54) is 0 Å². The molecule has 0 bridgehead atoms. The van der Waals surface area contributed by atoms with Gasteiger partial charge >= 0.3 is 6.18 Å². The van der Waals surface area contributed by atoms with Gasteiger partial charge in [0.05, 0.1) is 5.56 Å². The number of allylic oxidation sites excluding steroid dienone is 1. The molecular formula is C14H16F3N3. The molecule has 6 heteroatoms. The highest BCUT2D eigenvalue weighted by Crippen LogP contribution is 2.29. The topological polar surface area (TPSA) is 48.7 Å². The van der Waals surface area contributed by atoms with Crippen molar-refractivity contribution in [2.24, 2.45) is 0 Å². The standard InChI is InChI=1S/C14H16F3N3/c1-3-4-5-6-10(2)19-13-11(9-18)7-8-12(20-13)14(15,16)17/h3,7-8,10H,1,4-6H2,2H3,(H,19,20). The van der Waals surface area contributed by atoms with E-state index in [9.17, 15) is 13.2 Å². The van der Waals surface area contributed by atoms with Gasteiger partial charge in [-0.3, -0.25) is 0 Å². The third kappa shape index (κ3) is 4.57. The van der Waals surface area contributed by atoms with Crippen LogP contribution in [0.25, 0.3) is 0 Å². The van der Waals surface area contributed by atoms with E-state index in [4.69, 9.17) is 5.26 Å². The molecule has 20 heavy (non-hydrogen) atoms. The third-order valence-electron chi connectivity index (χ3n) is 2.73. The van der Waals surface area contributed by atoms with Crippen LogP contribution in [-0.2, 0) is 6.18 Å². The Labute approximate surface area is 116 Å². The summed E-state index contributed by atoms with van der Waals surface area (Å²) in [5.41, 5.74) is -0.897. The summed E-state index contributed by atoms with van der Waals surface area (Å²) in [5.74, 6) is -0.0200.